The monoisotopic (exact) mass is 252 g/mol. The zero-order chi connectivity index (χ0) is 13.2. The van der Waals surface area contributed by atoms with Gasteiger partial charge in [-0.15, -0.1) is 13.2 Å². The van der Waals surface area contributed by atoms with E-state index in [-0.39, 0.29) is 5.75 Å². The van der Waals surface area contributed by atoms with Gasteiger partial charge < -0.3 is 4.74 Å². The lowest BCUT2D eigenvalue weighted by atomic mass is 10.1. The van der Waals surface area contributed by atoms with Gasteiger partial charge in [0.25, 0.3) is 0 Å². The van der Waals surface area contributed by atoms with Gasteiger partial charge in [0.2, 0.25) is 0 Å². The van der Waals surface area contributed by atoms with Gasteiger partial charge in [0, 0.05) is 11.8 Å². The average molecular weight is 252 g/mol. The van der Waals surface area contributed by atoms with Crippen LogP contribution in [0.3, 0.4) is 0 Å². The highest BCUT2D eigenvalue weighted by molar-refractivity contribution is 5.61. The van der Waals surface area contributed by atoms with Crippen molar-refractivity contribution in [1.82, 2.24) is 4.98 Å². The molecule has 2 aromatic rings. The van der Waals surface area contributed by atoms with Crippen LogP contribution in [0.15, 0.2) is 42.6 Å². The van der Waals surface area contributed by atoms with E-state index in [2.05, 4.69) is 16.6 Å². The molecular formula is C13H9F3NO. The standard InChI is InChI=1S/C13H9F3NO/c1-9-5-6-12(17-8-9)10-3-2-4-11(7-10)18-13(14,15)16/h2-8H,1H2. The quantitative estimate of drug-likeness (QED) is 0.810. The van der Waals surface area contributed by atoms with Gasteiger partial charge in [-0.1, -0.05) is 18.2 Å². The molecule has 0 unspecified atom stereocenters. The third-order valence-corrected chi connectivity index (χ3v) is 2.19. The lowest BCUT2D eigenvalue weighted by Crippen LogP contribution is -2.17. The average Bonchev–Trinajstić information content (AvgIpc) is 2.28. The number of alkyl halides is 3. The van der Waals surface area contributed by atoms with Crippen molar-refractivity contribution in [2.24, 2.45) is 0 Å². The van der Waals surface area contributed by atoms with Crippen LogP contribution in [0, 0.1) is 6.92 Å². The second-order valence-electron chi connectivity index (χ2n) is 3.63. The molecule has 5 heteroatoms. The summed E-state index contributed by atoms with van der Waals surface area (Å²) in [4.78, 5) is 4.09. The fourth-order valence-corrected chi connectivity index (χ4v) is 1.45. The highest BCUT2D eigenvalue weighted by atomic mass is 19.4. The summed E-state index contributed by atoms with van der Waals surface area (Å²) in [5, 5.41) is 0. The van der Waals surface area contributed by atoms with Crippen LogP contribution in [0.5, 0.6) is 5.75 Å². The van der Waals surface area contributed by atoms with Crippen molar-refractivity contribution >= 4 is 0 Å². The summed E-state index contributed by atoms with van der Waals surface area (Å²) in [6.45, 7) is 3.69. The number of hydrogen-bond donors (Lipinski definition) is 0. The fraction of sp³-hybridized carbons (Fsp3) is 0.0769. The molecular weight excluding hydrogens is 243 g/mol. The Morgan fingerprint density at radius 3 is 2.50 bits per heavy atom. The van der Waals surface area contributed by atoms with Crippen molar-refractivity contribution in [2.45, 2.75) is 6.36 Å². The number of hydrogen-bond acceptors (Lipinski definition) is 2. The van der Waals surface area contributed by atoms with E-state index in [0.717, 1.165) is 5.56 Å². The molecule has 0 N–H and O–H groups in total. The van der Waals surface area contributed by atoms with E-state index < -0.39 is 6.36 Å². The maximum absolute atomic E-state index is 12.1. The minimum absolute atomic E-state index is 0.263. The highest BCUT2D eigenvalue weighted by Crippen LogP contribution is 2.27. The molecule has 1 radical (unpaired) electrons. The van der Waals surface area contributed by atoms with Crippen LogP contribution < -0.4 is 4.74 Å². The Hall–Kier alpha value is -2.04. The number of halogens is 3. The first-order valence-corrected chi connectivity index (χ1v) is 5.08. The van der Waals surface area contributed by atoms with Gasteiger partial charge >= 0.3 is 6.36 Å². The van der Waals surface area contributed by atoms with E-state index in [0.29, 0.717) is 11.3 Å². The van der Waals surface area contributed by atoms with Crippen molar-refractivity contribution in [3.8, 4) is 17.0 Å². The van der Waals surface area contributed by atoms with Crippen molar-refractivity contribution in [3.63, 3.8) is 0 Å². The molecule has 93 valence electrons. The normalized spacial score (nSPS) is 11.3. The Morgan fingerprint density at radius 2 is 1.89 bits per heavy atom. The molecule has 1 heterocycles. The SMILES string of the molecule is [CH2]c1ccc(-c2cccc(OC(F)(F)F)c2)nc1. The minimum Gasteiger partial charge on any atom is -0.406 e. The van der Waals surface area contributed by atoms with Gasteiger partial charge in [0.15, 0.2) is 0 Å². The summed E-state index contributed by atoms with van der Waals surface area (Å²) < 4.78 is 40.1. The number of aromatic nitrogens is 1. The van der Waals surface area contributed by atoms with Crippen LogP contribution in [0.2, 0.25) is 0 Å². The number of benzene rings is 1. The summed E-state index contributed by atoms with van der Waals surface area (Å²) in [5.74, 6) is -0.263. The molecule has 0 bridgehead atoms. The second-order valence-corrected chi connectivity index (χ2v) is 3.63. The Bertz CT molecular complexity index is 535. The number of nitrogens with zero attached hydrogens (tertiary/aromatic N) is 1. The molecule has 0 saturated heterocycles. The smallest absolute Gasteiger partial charge is 0.406 e. The Kier molecular flexibility index (Phi) is 3.23. The molecule has 0 spiro atoms. The van der Waals surface area contributed by atoms with E-state index in [9.17, 15) is 13.2 Å². The van der Waals surface area contributed by atoms with E-state index in [1.165, 1.54) is 18.2 Å². The number of ether oxygens (including phenoxy) is 1. The van der Waals surface area contributed by atoms with Gasteiger partial charge in [-0.2, -0.15) is 0 Å². The first-order valence-electron chi connectivity index (χ1n) is 5.08. The Balaban J connectivity index is 2.29. The molecule has 0 amide bonds. The van der Waals surface area contributed by atoms with Crippen LogP contribution in [-0.4, -0.2) is 11.3 Å². The Labute approximate surface area is 102 Å². The van der Waals surface area contributed by atoms with Gasteiger partial charge in [0.05, 0.1) is 5.69 Å². The minimum atomic E-state index is -4.69. The van der Waals surface area contributed by atoms with Gasteiger partial charge in [-0.05, 0) is 30.7 Å². The molecule has 0 saturated carbocycles. The zero-order valence-corrected chi connectivity index (χ0v) is 9.24. The summed E-state index contributed by atoms with van der Waals surface area (Å²) in [7, 11) is 0. The predicted molar refractivity (Wildman–Crippen MR) is 60.8 cm³/mol. The first kappa shape index (κ1) is 12.4. The molecule has 0 aliphatic heterocycles. The van der Waals surface area contributed by atoms with E-state index in [4.69, 9.17) is 0 Å². The molecule has 2 nitrogen and oxygen atoms in total. The van der Waals surface area contributed by atoms with Crippen LogP contribution in [0.25, 0.3) is 11.3 Å². The number of rotatable bonds is 2. The summed E-state index contributed by atoms with van der Waals surface area (Å²) in [6.07, 6.45) is -3.14. The lowest BCUT2D eigenvalue weighted by molar-refractivity contribution is -0.274. The van der Waals surface area contributed by atoms with E-state index in [1.54, 1.807) is 24.4 Å². The summed E-state index contributed by atoms with van der Waals surface area (Å²) in [5.41, 5.74) is 1.85. The predicted octanol–water partition coefficient (Wildman–Crippen LogP) is 3.83. The molecule has 1 aromatic heterocycles. The molecule has 0 fully saturated rings. The lowest BCUT2D eigenvalue weighted by Gasteiger charge is -2.09. The van der Waals surface area contributed by atoms with Crippen LogP contribution in [0.4, 0.5) is 13.2 Å². The molecule has 18 heavy (non-hydrogen) atoms. The first-order chi connectivity index (χ1) is 8.44. The van der Waals surface area contributed by atoms with Crippen molar-refractivity contribution in [2.75, 3.05) is 0 Å². The summed E-state index contributed by atoms with van der Waals surface area (Å²) in [6, 6.07) is 9.10. The van der Waals surface area contributed by atoms with Crippen LogP contribution in [0.1, 0.15) is 5.56 Å². The van der Waals surface area contributed by atoms with Crippen molar-refractivity contribution in [1.29, 1.82) is 0 Å². The fourth-order valence-electron chi connectivity index (χ4n) is 1.45. The maximum atomic E-state index is 12.1. The summed E-state index contributed by atoms with van der Waals surface area (Å²) >= 11 is 0. The van der Waals surface area contributed by atoms with E-state index >= 15 is 0 Å². The Morgan fingerprint density at radius 1 is 1.11 bits per heavy atom. The second kappa shape index (κ2) is 4.68. The molecule has 0 atom stereocenters. The van der Waals surface area contributed by atoms with E-state index in [1.807, 2.05) is 0 Å². The molecule has 0 aliphatic carbocycles. The molecule has 2 rings (SSSR count). The topological polar surface area (TPSA) is 22.1 Å². The van der Waals surface area contributed by atoms with Crippen LogP contribution >= 0.6 is 0 Å². The van der Waals surface area contributed by atoms with Gasteiger partial charge in [-0.25, -0.2) is 0 Å². The largest absolute Gasteiger partial charge is 0.573 e. The zero-order valence-electron chi connectivity index (χ0n) is 9.24. The third-order valence-electron chi connectivity index (χ3n) is 2.19. The maximum Gasteiger partial charge on any atom is 0.573 e. The van der Waals surface area contributed by atoms with Crippen molar-refractivity contribution < 1.29 is 17.9 Å². The van der Waals surface area contributed by atoms with Crippen molar-refractivity contribution in [3.05, 3.63) is 55.1 Å². The van der Waals surface area contributed by atoms with Gasteiger partial charge in [0.1, 0.15) is 5.75 Å². The highest BCUT2D eigenvalue weighted by Gasteiger charge is 2.31. The van der Waals surface area contributed by atoms with Gasteiger partial charge in [-0.3, -0.25) is 4.98 Å². The molecule has 0 aliphatic rings. The van der Waals surface area contributed by atoms with Crippen LogP contribution in [-0.2, 0) is 0 Å². The molecule has 1 aromatic carbocycles. The number of pyridine rings is 1. The third kappa shape index (κ3) is 3.23.